The first-order valence-corrected chi connectivity index (χ1v) is 13.8. The molecule has 0 bridgehead atoms. The first kappa shape index (κ1) is 26.3. The van der Waals surface area contributed by atoms with Gasteiger partial charge in [-0.25, -0.2) is 0 Å². The van der Waals surface area contributed by atoms with Crippen molar-refractivity contribution in [2.45, 2.75) is 65.3 Å². The number of carbonyl (C=O) groups is 1. The molecule has 1 unspecified atom stereocenters. The van der Waals surface area contributed by atoms with E-state index in [-0.39, 0.29) is 11.8 Å². The van der Waals surface area contributed by atoms with E-state index in [2.05, 4.69) is 53.7 Å². The van der Waals surface area contributed by atoms with Crippen LogP contribution >= 0.6 is 11.6 Å². The maximum absolute atomic E-state index is 12.8. The van der Waals surface area contributed by atoms with Gasteiger partial charge in [-0.3, -0.25) is 9.79 Å². The van der Waals surface area contributed by atoms with Crippen molar-refractivity contribution < 1.29 is 4.79 Å². The fourth-order valence-electron chi connectivity index (χ4n) is 5.07. The number of likely N-dealkylation sites (tertiary alicyclic amines) is 1. The predicted molar refractivity (Wildman–Crippen MR) is 150 cm³/mol. The molecule has 5 nitrogen and oxygen atoms in total. The van der Waals surface area contributed by atoms with Gasteiger partial charge < -0.3 is 15.5 Å². The number of hydrogen-bond acceptors (Lipinski definition) is 3. The Bertz CT molecular complexity index is 1100. The van der Waals surface area contributed by atoms with Crippen LogP contribution in [0, 0.1) is 5.92 Å². The minimum atomic E-state index is 0.0474. The second-order valence-electron chi connectivity index (χ2n) is 9.95. The van der Waals surface area contributed by atoms with Crippen LogP contribution in [0.15, 0.2) is 76.1 Å². The highest BCUT2D eigenvalue weighted by molar-refractivity contribution is 6.31. The summed E-state index contributed by atoms with van der Waals surface area (Å²) in [4.78, 5) is 20.2. The molecule has 3 aliphatic rings. The fraction of sp³-hybridized carbons (Fsp3) is 0.467. The maximum Gasteiger partial charge on any atom is 0.224 e. The highest BCUT2D eigenvalue weighted by Crippen LogP contribution is 2.31. The summed E-state index contributed by atoms with van der Waals surface area (Å²) >= 11 is 6.38. The second kappa shape index (κ2) is 13.0. The molecular weight excluding hydrogens is 468 g/mol. The molecule has 2 heterocycles. The van der Waals surface area contributed by atoms with Gasteiger partial charge in [-0.15, -0.1) is 0 Å². The highest BCUT2D eigenvalue weighted by atomic mass is 35.5. The Hall–Kier alpha value is -2.79. The summed E-state index contributed by atoms with van der Waals surface area (Å²) in [5.74, 6) is 1.23. The smallest absolute Gasteiger partial charge is 0.224 e. The van der Waals surface area contributed by atoms with E-state index in [0.717, 1.165) is 86.7 Å². The third-order valence-corrected chi connectivity index (χ3v) is 7.46. The van der Waals surface area contributed by atoms with E-state index in [9.17, 15) is 4.79 Å². The number of piperidine rings is 1. The molecule has 0 aromatic heterocycles. The van der Waals surface area contributed by atoms with E-state index in [1.807, 2.05) is 24.3 Å². The van der Waals surface area contributed by atoms with Gasteiger partial charge in [0.1, 0.15) is 5.84 Å². The number of fused-ring (bicyclic) bond motifs is 1. The van der Waals surface area contributed by atoms with E-state index < -0.39 is 0 Å². The summed E-state index contributed by atoms with van der Waals surface area (Å²) in [5, 5.41) is 7.54. The Labute approximate surface area is 221 Å². The van der Waals surface area contributed by atoms with Gasteiger partial charge in [-0.2, -0.15) is 0 Å². The summed E-state index contributed by atoms with van der Waals surface area (Å²) in [7, 11) is 0. The number of amides is 1. The van der Waals surface area contributed by atoms with Crippen LogP contribution in [-0.4, -0.2) is 36.3 Å². The Morgan fingerprint density at radius 1 is 1.25 bits per heavy atom. The average Bonchev–Trinajstić information content (AvgIpc) is 2.87. The Kier molecular flexibility index (Phi) is 9.46. The van der Waals surface area contributed by atoms with Crippen molar-refractivity contribution in [2.75, 3.05) is 19.6 Å². The van der Waals surface area contributed by atoms with Gasteiger partial charge in [0.15, 0.2) is 0 Å². The topological polar surface area (TPSA) is 56.7 Å². The van der Waals surface area contributed by atoms with Crippen molar-refractivity contribution in [3.05, 3.63) is 81.7 Å². The lowest BCUT2D eigenvalue weighted by Gasteiger charge is -2.37. The molecule has 1 fully saturated rings. The van der Waals surface area contributed by atoms with Crippen molar-refractivity contribution in [1.82, 2.24) is 15.5 Å². The van der Waals surface area contributed by atoms with Crippen LogP contribution in [0.25, 0.3) is 0 Å². The minimum Gasteiger partial charge on any atom is -0.373 e. The summed E-state index contributed by atoms with van der Waals surface area (Å²) in [6.07, 6.45) is 15.6. The summed E-state index contributed by atoms with van der Waals surface area (Å²) in [6.45, 7) is 7.40. The van der Waals surface area contributed by atoms with Crippen LogP contribution in [0.1, 0.15) is 64.4 Å². The lowest BCUT2D eigenvalue weighted by atomic mass is 9.92. The average molecular weight is 507 g/mol. The summed E-state index contributed by atoms with van der Waals surface area (Å²) in [6, 6.07) is 7.90. The normalized spacial score (nSPS) is 21.9. The third kappa shape index (κ3) is 6.91. The van der Waals surface area contributed by atoms with Gasteiger partial charge in [0.2, 0.25) is 5.91 Å². The Morgan fingerprint density at radius 2 is 2.11 bits per heavy atom. The highest BCUT2D eigenvalue weighted by Gasteiger charge is 2.28. The Balaban J connectivity index is 1.62. The van der Waals surface area contributed by atoms with Crippen molar-refractivity contribution in [3.63, 3.8) is 0 Å². The first-order chi connectivity index (χ1) is 17.5. The largest absolute Gasteiger partial charge is 0.373 e. The quantitative estimate of drug-likeness (QED) is 0.476. The van der Waals surface area contributed by atoms with E-state index >= 15 is 0 Å². The molecule has 2 aliphatic heterocycles. The number of aliphatic imine (C=N–C) groups is 1. The predicted octanol–water partition coefficient (Wildman–Crippen LogP) is 6.29. The summed E-state index contributed by atoms with van der Waals surface area (Å²) in [5.41, 5.74) is 6.02. The first-order valence-electron chi connectivity index (χ1n) is 13.4. The molecule has 0 radical (unpaired) electrons. The molecule has 2 N–H and O–H groups in total. The van der Waals surface area contributed by atoms with E-state index in [1.54, 1.807) is 0 Å². The lowest BCUT2D eigenvalue weighted by molar-refractivity contribution is -0.126. The van der Waals surface area contributed by atoms with Crippen LogP contribution in [-0.2, 0) is 11.3 Å². The van der Waals surface area contributed by atoms with Crippen molar-refractivity contribution in [1.29, 1.82) is 0 Å². The van der Waals surface area contributed by atoms with E-state index in [0.29, 0.717) is 6.54 Å². The van der Waals surface area contributed by atoms with Crippen LogP contribution in [0.2, 0.25) is 5.02 Å². The SMILES string of the molecule is CCCNC(=O)C1CCCN(C2=C3C=C(C)CCC(=NCc4ccccc4Cl)NC3=CC=CCC2)C1. The zero-order valence-electron chi connectivity index (χ0n) is 21.7. The molecule has 1 amide bonds. The minimum absolute atomic E-state index is 0.0474. The Morgan fingerprint density at radius 3 is 2.94 bits per heavy atom. The number of carbonyl (C=O) groups excluding carboxylic acids is 1. The summed E-state index contributed by atoms with van der Waals surface area (Å²) < 4.78 is 0. The number of amidine groups is 1. The second-order valence-corrected chi connectivity index (χ2v) is 10.4. The van der Waals surface area contributed by atoms with Crippen LogP contribution in [0.3, 0.4) is 0 Å². The molecule has 36 heavy (non-hydrogen) atoms. The number of halogens is 1. The third-order valence-electron chi connectivity index (χ3n) is 7.09. The molecule has 0 spiro atoms. The van der Waals surface area contributed by atoms with Crippen molar-refractivity contribution in [2.24, 2.45) is 10.9 Å². The molecule has 192 valence electrons. The monoisotopic (exact) mass is 506 g/mol. The molecule has 0 saturated carbocycles. The van der Waals surface area contributed by atoms with Crippen molar-refractivity contribution in [3.8, 4) is 0 Å². The zero-order valence-corrected chi connectivity index (χ0v) is 22.4. The number of hydrogen-bond donors (Lipinski definition) is 2. The molecular formula is C30H39ClN4O. The van der Waals surface area contributed by atoms with Gasteiger partial charge >= 0.3 is 0 Å². The van der Waals surface area contributed by atoms with Crippen molar-refractivity contribution >= 4 is 23.3 Å². The van der Waals surface area contributed by atoms with E-state index in [4.69, 9.17) is 16.6 Å². The standard InChI is InChI=1S/C30H39ClN4O/c1-3-17-32-30(36)24-11-9-18-35(21-24)28-14-6-4-5-13-27-25(28)19-22(2)15-16-29(34-27)33-20-23-10-7-8-12-26(23)31/h4-5,7-8,10,12-13,19,24H,3,6,9,11,14-18,20-21H2,1-2H3,(H,32,36)(H,33,34). The maximum atomic E-state index is 12.8. The van der Waals surface area contributed by atoms with E-state index in [1.165, 1.54) is 16.8 Å². The number of nitrogens with zero attached hydrogens (tertiary/aromatic N) is 2. The van der Waals surface area contributed by atoms with Gasteiger partial charge in [-0.05, 0) is 63.2 Å². The molecule has 4 rings (SSSR count). The van der Waals surface area contributed by atoms with Crippen LogP contribution in [0.5, 0.6) is 0 Å². The molecule has 6 heteroatoms. The van der Waals surface area contributed by atoms with Gasteiger partial charge in [0, 0.05) is 48.0 Å². The van der Waals surface area contributed by atoms with Gasteiger partial charge in [0.05, 0.1) is 12.5 Å². The molecule has 1 aromatic carbocycles. The van der Waals surface area contributed by atoms with Crippen LogP contribution in [0.4, 0.5) is 0 Å². The number of rotatable bonds is 6. The molecule has 1 aliphatic carbocycles. The number of allylic oxidation sites excluding steroid dienone is 6. The number of nitrogens with one attached hydrogen (secondary N) is 2. The zero-order chi connectivity index (χ0) is 25.3. The van der Waals surface area contributed by atoms with Gasteiger partial charge in [-0.1, -0.05) is 60.5 Å². The fourth-order valence-corrected chi connectivity index (χ4v) is 5.26. The lowest BCUT2D eigenvalue weighted by Crippen LogP contribution is -2.43. The molecule has 1 aromatic rings. The van der Waals surface area contributed by atoms with Crippen LogP contribution < -0.4 is 10.6 Å². The van der Waals surface area contributed by atoms with Gasteiger partial charge in [0.25, 0.3) is 0 Å². The number of benzene rings is 1. The molecule has 1 saturated heterocycles. The molecule has 1 atom stereocenters.